The molecule has 1 atom stereocenters. The van der Waals surface area contributed by atoms with E-state index in [9.17, 15) is 4.79 Å². The lowest BCUT2D eigenvalue weighted by Crippen LogP contribution is -2.13. The molecule has 17 heavy (non-hydrogen) atoms. The number of ketones is 1. The van der Waals surface area contributed by atoms with E-state index >= 15 is 0 Å². The highest BCUT2D eigenvalue weighted by atomic mass is 79.9. The number of hydrogen-bond acceptors (Lipinski definition) is 2. The summed E-state index contributed by atoms with van der Waals surface area (Å²) in [6.45, 7) is 2.06. The predicted molar refractivity (Wildman–Crippen MR) is 70.6 cm³/mol. The fourth-order valence-electron chi connectivity index (χ4n) is 1.79. The van der Waals surface area contributed by atoms with E-state index in [1.54, 1.807) is 12.5 Å². The van der Waals surface area contributed by atoms with Crippen LogP contribution in [0.4, 0.5) is 0 Å². The molecule has 2 aromatic rings. The maximum absolute atomic E-state index is 11.7. The van der Waals surface area contributed by atoms with Crippen molar-refractivity contribution in [1.29, 1.82) is 0 Å². The SMILES string of the molecule is C[C@H](c1ccccc1)n1cncc1C(=O)CBr. The Morgan fingerprint density at radius 2 is 2.12 bits per heavy atom. The van der Waals surface area contributed by atoms with Gasteiger partial charge in [0.05, 0.1) is 23.9 Å². The summed E-state index contributed by atoms with van der Waals surface area (Å²) < 4.78 is 1.90. The summed E-state index contributed by atoms with van der Waals surface area (Å²) in [5.41, 5.74) is 1.80. The Balaban J connectivity index is 2.35. The zero-order chi connectivity index (χ0) is 12.3. The van der Waals surface area contributed by atoms with E-state index in [0.717, 1.165) is 5.56 Å². The number of halogens is 1. The van der Waals surface area contributed by atoms with Crippen molar-refractivity contribution in [1.82, 2.24) is 9.55 Å². The zero-order valence-electron chi connectivity index (χ0n) is 9.51. The summed E-state index contributed by atoms with van der Waals surface area (Å²) in [5.74, 6) is 0.0466. The summed E-state index contributed by atoms with van der Waals surface area (Å²) in [5, 5.41) is 0.320. The average Bonchev–Trinajstić information content (AvgIpc) is 2.87. The van der Waals surface area contributed by atoms with Crippen molar-refractivity contribution in [3.8, 4) is 0 Å². The number of hydrogen-bond donors (Lipinski definition) is 0. The Labute approximate surface area is 109 Å². The van der Waals surface area contributed by atoms with Crippen molar-refractivity contribution in [2.24, 2.45) is 0 Å². The summed E-state index contributed by atoms with van der Waals surface area (Å²) in [4.78, 5) is 15.8. The smallest absolute Gasteiger partial charge is 0.191 e. The summed E-state index contributed by atoms with van der Waals surface area (Å²) in [6.07, 6.45) is 3.32. The van der Waals surface area contributed by atoms with Crippen LogP contribution in [0.25, 0.3) is 0 Å². The number of rotatable bonds is 4. The first kappa shape index (κ1) is 12.0. The molecule has 0 aliphatic carbocycles. The number of Topliss-reactive ketones (excluding diaryl/α,β-unsaturated/α-hetero) is 1. The molecule has 0 unspecified atom stereocenters. The van der Waals surface area contributed by atoms with Gasteiger partial charge in [-0.1, -0.05) is 46.3 Å². The minimum Gasteiger partial charge on any atom is -0.321 e. The fourth-order valence-corrected chi connectivity index (χ4v) is 2.08. The van der Waals surface area contributed by atoms with Gasteiger partial charge in [0, 0.05) is 0 Å². The highest BCUT2D eigenvalue weighted by Gasteiger charge is 2.15. The largest absolute Gasteiger partial charge is 0.321 e. The molecule has 0 saturated heterocycles. The van der Waals surface area contributed by atoms with Crippen LogP contribution >= 0.6 is 15.9 Å². The van der Waals surface area contributed by atoms with Crippen molar-refractivity contribution < 1.29 is 4.79 Å². The number of benzene rings is 1. The Kier molecular flexibility index (Phi) is 3.74. The van der Waals surface area contributed by atoms with Gasteiger partial charge in [0.1, 0.15) is 5.69 Å². The molecule has 0 fully saturated rings. The molecule has 2 rings (SSSR count). The molecular formula is C13H13BrN2O. The quantitative estimate of drug-likeness (QED) is 0.641. The molecular weight excluding hydrogens is 280 g/mol. The molecule has 0 amide bonds. The second-order valence-electron chi connectivity index (χ2n) is 3.83. The van der Waals surface area contributed by atoms with Gasteiger partial charge in [-0.15, -0.1) is 0 Å². The van der Waals surface area contributed by atoms with Gasteiger partial charge >= 0.3 is 0 Å². The van der Waals surface area contributed by atoms with Crippen LogP contribution in [0.2, 0.25) is 0 Å². The molecule has 3 nitrogen and oxygen atoms in total. The molecule has 0 N–H and O–H groups in total. The van der Waals surface area contributed by atoms with Gasteiger partial charge in [-0.3, -0.25) is 4.79 Å². The molecule has 0 aliphatic rings. The normalized spacial score (nSPS) is 12.4. The van der Waals surface area contributed by atoms with Crippen LogP contribution in [0, 0.1) is 0 Å². The number of imidazole rings is 1. The first-order valence-corrected chi connectivity index (χ1v) is 6.52. The average molecular weight is 293 g/mol. The van der Waals surface area contributed by atoms with Gasteiger partial charge in [0.2, 0.25) is 0 Å². The van der Waals surface area contributed by atoms with Gasteiger partial charge in [0.25, 0.3) is 0 Å². The van der Waals surface area contributed by atoms with Crippen LogP contribution in [-0.2, 0) is 0 Å². The molecule has 1 aromatic heterocycles. The third-order valence-corrected chi connectivity index (χ3v) is 3.28. The van der Waals surface area contributed by atoms with E-state index in [2.05, 4.69) is 27.8 Å². The Morgan fingerprint density at radius 3 is 2.76 bits per heavy atom. The van der Waals surface area contributed by atoms with Crippen LogP contribution in [0.1, 0.15) is 29.0 Å². The topological polar surface area (TPSA) is 34.9 Å². The Bertz CT molecular complexity index is 507. The lowest BCUT2D eigenvalue weighted by atomic mass is 10.1. The molecule has 0 aliphatic heterocycles. The highest BCUT2D eigenvalue weighted by Crippen LogP contribution is 2.19. The van der Waals surface area contributed by atoms with E-state index in [4.69, 9.17) is 0 Å². The van der Waals surface area contributed by atoms with Crippen LogP contribution in [0.5, 0.6) is 0 Å². The van der Waals surface area contributed by atoms with Crippen molar-refractivity contribution in [2.45, 2.75) is 13.0 Å². The third-order valence-electron chi connectivity index (χ3n) is 2.77. The maximum atomic E-state index is 11.7. The minimum absolute atomic E-state index is 0.0466. The van der Waals surface area contributed by atoms with Crippen LogP contribution < -0.4 is 0 Å². The third kappa shape index (κ3) is 2.47. The second-order valence-corrected chi connectivity index (χ2v) is 4.39. The second kappa shape index (κ2) is 5.27. The highest BCUT2D eigenvalue weighted by molar-refractivity contribution is 9.09. The van der Waals surface area contributed by atoms with Gasteiger partial charge < -0.3 is 4.57 Å². The van der Waals surface area contributed by atoms with Gasteiger partial charge in [-0.2, -0.15) is 0 Å². The number of aromatic nitrogens is 2. The Morgan fingerprint density at radius 1 is 1.41 bits per heavy atom. The number of nitrogens with zero attached hydrogens (tertiary/aromatic N) is 2. The van der Waals surface area contributed by atoms with E-state index in [0.29, 0.717) is 11.0 Å². The fraction of sp³-hybridized carbons (Fsp3) is 0.231. The number of alkyl halides is 1. The molecule has 1 heterocycles. The standard InChI is InChI=1S/C13H13BrN2O/c1-10(11-5-3-2-4-6-11)16-9-15-8-12(16)13(17)7-14/h2-6,8-10H,7H2,1H3/t10-/m1/s1. The van der Waals surface area contributed by atoms with Crippen molar-refractivity contribution in [3.63, 3.8) is 0 Å². The molecule has 0 radical (unpaired) electrons. The molecule has 88 valence electrons. The van der Waals surface area contributed by atoms with Gasteiger partial charge in [0.15, 0.2) is 5.78 Å². The lowest BCUT2D eigenvalue weighted by Gasteiger charge is -2.16. The van der Waals surface area contributed by atoms with Gasteiger partial charge in [-0.05, 0) is 12.5 Å². The maximum Gasteiger partial charge on any atom is 0.191 e. The van der Waals surface area contributed by atoms with Crippen molar-refractivity contribution in [2.75, 3.05) is 5.33 Å². The number of carbonyl (C=O) groups excluding carboxylic acids is 1. The number of carbonyl (C=O) groups is 1. The molecule has 1 aromatic carbocycles. The predicted octanol–water partition coefficient (Wildman–Crippen LogP) is 3.07. The van der Waals surface area contributed by atoms with E-state index in [1.165, 1.54) is 0 Å². The molecule has 0 spiro atoms. The van der Waals surface area contributed by atoms with E-state index < -0.39 is 0 Å². The molecule has 0 bridgehead atoms. The minimum atomic E-state index is 0.0466. The van der Waals surface area contributed by atoms with E-state index in [1.807, 2.05) is 34.9 Å². The summed E-state index contributed by atoms with van der Waals surface area (Å²) in [6, 6.07) is 10.2. The first-order valence-electron chi connectivity index (χ1n) is 5.40. The van der Waals surface area contributed by atoms with E-state index in [-0.39, 0.29) is 11.8 Å². The zero-order valence-corrected chi connectivity index (χ0v) is 11.1. The van der Waals surface area contributed by atoms with Crippen LogP contribution in [-0.4, -0.2) is 20.7 Å². The molecule has 0 saturated carbocycles. The van der Waals surface area contributed by atoms with Crippen LogP contribution in [0.15, 0.2) is 42.9 Å². The van der Waals surface area contributed by atoms with Crippen molar-refractivity contribution in [3.05, 3.63) is 54.1 Å². The van der Waals surface area contributed by atoms with Gasteiger partial charge in [-0.25, -0.2) is 4.98 Å². The lowest BCUT2D eigenvalue weighted by molar-refractivity contribution is 0.101. The van der Waals surface area contributed by atoms with Crippen LogP contribution in [0.3, 0.4) is 0 Å². The van der Waals surface area contributed by atoms with Crippen molar-refractivity contribution >= 4 is 21.7 Å². The monoisotopic (exact) mass is 292 g/mol. The summed E-state index contributed by atoms with van der Waals surface area (Å²) in [7, 11) is 0. The summed E-state index contributed by atoms with van der Waals surface area (Å²) >= 11 is 3.19. The first-order chi connectivity index (χ1) is 8.24. The Hall–Kier alpha value is -1.42. The molecule has 4 heteroatoms.